The molecule has 110 valence electrons. The first-order valence-electron chi connectivity index (χ1n) is 7.15. The van der Waals surface area contributed by atoms with Gasteiger partial charge in [-0.25, -0.2) is 0 Å². The molecule has 0 radical (unpaired) electrons. The summed E-state index contributed by atoms with van der Waals surface area (Å²) in [4.78, 5) is 2.33. The number of nitrogens with two attached hydrogens (primary N) is 1. The second kappa shape index (κ2) is 6.41. The molecular formula is C17H19NO2S. The van der Waals surface area contributed by atoms with E-state index in [-0.39, 0.29) is 6.04 Å². The highest BCUT2D eigenvalue weighted by molar-refractivity contribution is 7.99. The van der Waals surface area contributed by atoms with Crippen LogP contribution < -0.4 is 15.2 Å². The summed E-state index contributed by atoms with van der Waals surface area (Å²) < 4.78 is 11.4. The van der Waals surface area contributed by atoms with Gasteiger partial charge < -0.3 is 15.2 Å². The van der Waals surface area contributed by atoms with Gasteiger partial charge in [-0.1, -0.05) is 23.9 Å². The Bertz CT molecular complexity index is 611. The largest absolute Gasteiger partial charge is 0.490 e. The first-order valence-corrected chi connectivity index (χ1v) is 7.97. The predicted octanol–water partition coefficient (Wildman–Crippen LogP) is 4.02. The third-order valence-electron chi connectivity index (χ3n) is 3.36. The van der Waals surface area contributed by atoms with Crippen molar-refractivity contribution in [1.29, 1.82) is 0 Å². The molecule has 1 heterocycles. The van der Waals surface area contributed by atoms with E-state index in [9.17, 15) is 0 Å². The number of rotatable bonds is 3. The SMILES string of the molecule is C[C@@H](N)c1ccc(Sc2ccc3c(c2)OCCCO3)cc1. The second-order valence-corrected chi connectivity index (χ2v) is 6.27. The Morgan fingerprint density at radius 3 is 2.33 bits per heavy atom. The highest BCUT2D eigenvalue weighted by atomic mass is 32.2. The Hall–Kier alpha value is -1.65. The van der Waals surface area contributed by atoms with Gasteiger partial charge in [0.05, 0.1) is 13.2 Å². The molecule has 0 fully saturated rings. The van der Waals surface area contributed by atoms with Gasteiger partial charge >= 0.3 is 0 Å². The van der Waals surface area contributed by atoms with Gasteiger partial charge in [-0.3, -0.25) is 0 Å². The van der Waals surface area contributed by atoms with E-state index in [0.29, 0.717) is 6.61 Å². The lowest BCUT2D eigenvalue weighted by Gasteiger charge is -2.10. The quantitative estimate of drug-likeness (QED) is 0.930. The summed E-state index contributed by atoms with van der Waals surface area (Å²) >= 11 is 1.71. The minimum Gasteiger partial charge on any atom is -0.490 e. The number of hydrogen-bond acceptors (Lipinski definition) is 4. The van der Waals surface area contributed by atoms with E-state index in [0.717, 1.165) is 35.0 Å². The van der Waals surface area contributed by atoms with Crippen molar-refractivity contribution in [3.63, 3.8) is 0 Å². The third-order valence-corrected chi connectivity index (χ3v) is 4.36. The van der Waals surface area contributed by atoms with Crippen LogP contribution >= 0.6 is 11.8 Å². The number of ether oxygens (including phenoxy) is 2. The molecule has 1 aliphatic rings. The lowest BCUT2D eigenvalue weighted by Crippen LogP contribution is -2.04. The lowest BCUT2D eigenvalue weighted by molar-refractivity contribution is 0.297. The van der Waals surface area contributed by atoms with Gasteiger partial charge in [-0.05, 0) is 42.8 Å². The maximum Gasteiger partial charge on any atom is 0.162 e. The van der Waals surface area contributed by atoms with Crippen LogP contribution in [-0.2, 0) is 0 Å². The summed E-state index contributed by atoms with van der Waals surface area (Å²) in [6.45, 7) is 3.42. The summed E-state index contributed by atoms with van der Waals surface area (Å²) in [5.41, 5.74) is 7.02. The monoisotopic (exact) mass is 301 g/mol. The summed E-state index contributed by atoms with van der Waals surface area (Å²) in [7, 11) is 0. The Morgan fingerprint density at radius 1 is 0.952 bits per heavy atom. The normalized spacial score (nSPS) is 15.3. The highest BCUT2D eigenvalue weighted by Gasteiger charge is 2.11. The van der Waals surface area contributed by atoms with Crippen LogP contribution in [0.1, 0.15) is 24.9 Å². The molecule has 0 saturated heterocycles. The van der Waals surface area contributed by atoms with Gasteiger partial charge in [0.15, 0.2) is 11.5 Å². The first kappa shape index (κ1) is 14.3. The molecule has 21 heavy (non-hydrogen) atoms. The van der Waals surface area contributed by atoms with Crippen LogP contribution in [0.25, 0.3) is 0 Å². The summed E-state index contributed by atoms with van der Waals surface area (Å²) in [6, 6.07) is 14.5. The van der Waals surface area contributed by atoms with Crippen LogP contribution in [0.2, 0.25) is 0 Å². The molecular weight excluding hydrogens is 282 g/mol. The molecule has 0 amide bonds. The van der Waals surface area contributed by atoms with Crippen molar-refractivity contribution < 1.29 is 9.47 Å². The summed E-state index contributed by atoms with van der Waals surface area (Å²) in [5, 5.41) is 0. The molecule has 2 aromatic rings. The highest BCUT2D eigenvalue weighted by Crippen LogP contribution is 2.36. The van der Waals surface area contributed by atoms with E-state index in [4.69, 9.17) is 15.2 Å². The zero-order valence-corrected chi connectivity index (χ0v) is 12.9. The van der Waals surface area contributed by atoms with Gasteiger partial charge in [0.25, 0.3) is 0 Å². The average molecular weight is 301 g/mol. The zero-order valence-electron chi connectivity index (χ0n) is 12.0. The van der Waals surface area contributed by atoms with Crippen LogP contribution in [-0.4, -0.2) is 13.2 Å². The number of benzene rings is 2. The standard InChI is InChI=1S/C17H19NO2S/c1-12(18)13-3-5-14(6-4-13)21-15-7-8-16-17(11-15)20-10-2-9-19-16/h3-8,11-12H,2,9-10,18H2,1H3/t12-/m1/s1. The van der Waals surface area contributed by atoms with Gasteiger partial charge in [-0.2, -0.15) is 0 Å². The molecule has 0 spiro atoms. The van der Waals surface area contributed by atoms with Gasteiger partial charge in [0.2, 0.25) is 0 Å². The van der Waals surface area contributed by atoms with E-state index in [1.807, 2.05) is 19.1 Å². The Labute approximate surface area is 129 Å². The van der Waals surface area contributed by atoms with E-state index in [2.05, 4.69) is 30.3 Å². The van der Waals surface area contributed by atoms with Crippen LogP contribution in [0.15, 0.2) is 52.3 Å². The van der Waals surface area contributed by atoms with Crippen molar-refractivity contribution in [2.24, 2.45) is 5.73 Å². The zero-order chi connectivity index (χ0) is 14.7. The topological polar surface area (TPSA) is 44.5 Å². The van der Waals surface area contributed by atoms with Gasteiger partial charge in [0, 0.05) is 22.3 Å². The van der Waals surface area contributed by atoms with E-state index < -0.39 is 0 Å². The maximum atomic E-state index is 5.87. The van der Waals surface area contributed by atoms with Gasteiger partial charge in [-0.15, -0.1) is 0 Å². The van der Waals surface area contributed by atoms with Crippen molar-refractivity contribution in [2.75, 3.05) is 13.2 Å². The van der Waals surface area contributed by atoms with Crippen molar-refractivity contribution in [2.45, 2.75) is 29.2 Å². The fourth-order valence-electron chi connectivity index (χ4n) is 2.18. The third kappa shape index (κ3) is 3.52. The molecule has 0 unspecified atom stereocenters. The van der Waals surface area contributed by atoms with E-state index >= 15 is 0 Å². The summed E-state index contributed by atoms with van der Waals surface area (Å²) in [5.74, 6) is 1.67. The average Bonchev–Trinajstić information content (AvgIpc) is 2.72. The molecule has 1 aliphatic heterocycles. The van der Waals surface area contributed by atoms with E-state index in [1.54, 1.807) is 11.8 Å². The number of fused-ring (bicyclic) bond motifs is 1. The molecule has 0 bridgehead atoms. The van der Waals surface area contributed by atoms with Crippen molar-refractivity contribution in [1.82, 2.24) is 0 Å². The molecule has 3 rings (SSSR count). The Balaban J connectivity index is 1.77. The van der Waals surface area contributed by atoms with Crippen molar-refractivity contribution in [3.8, 4) is 11.5 Å². The molecule has 0 saturated carbocycles. The molecule has 0 aliphatic carbocycles. The fourth-order valence-corrected chi connectivity index (χ4v) is 3.03. The Morgan fingerprint density at radius 2 is 1.62 bits per heavy atom. The lowest BCUT2D eigenvalue weighted by atomic mass is 10.1. The van der Waals surface area contributed by atoms with Crippen LogP contribution in [0.3, 0.4) is 0 Å². The van der Waals surface area contributed by atoms with Crippen molar-refractivity contribution >= 4 is 11.8 Å². The summed E-state index contributed by atoms with van der Waals surface area (Å²) in [6.07, 6.45) is 0.926. The molecule has 4 heteroatoms. The van der Waals surface area contributed by atoms with Crippen LogP contribution in [0.4, 0.5) is 0 Å². The Kier molecular flexibility index (Phi) is 4.36. The maximum absolute atomic E-state index is 5.87. The smallest absolute Gasteiger partial charge is 0.162 e. The molecule has 2 aromatic carbocycles. The number of hydrogen-bond donors (Lipinski definition) is 1. The minimum atomic E-state index is 0.0714. The van der Waals surface area contributed by atoms with E-state index in [1.165, 1.54) is 4.90 Å². The van der Waals surface area contributed by atoms with Crippen LogP contribution in [0, 0.1) is 0 Å². The first-order chi connectivity index (χ1) is 10.2. The molecule has 0 aromatic heterocycles. The van der Waals surface area contributed by atoms with Gasteiger partial charge in [0.1, 0.15) is 0 Å². The molecule has 3 nitrogen and oxygen atoms in total. The second-order valence-electron chi connectivity index (χ2n) is 5.12. The van der Waals surface area contributed by atoms with Crippen molar-refractivity contribution in [3.05, 3.63) is 48.0 Å². The molecule has 2 N–H and O–H groups in total. The van der Waals surface area contributed by atoms with Crippen LogP contribution in [0.5, 0.6) is 11.5 Å². The predicted molar refractivity (Wildman–Crippen MR) is 85.2 cm³/mol. The molecule has 1 atom stereocenters. The minimum absolute atomic E-state index is 0.0714. The fraction of sp³-hybridized carbons (Fsp3) is 0.294.